The van der Waals surface area contributed by atoms with Gasteiger partial charge in [0, 0.05) is 19.6 Å². The zero-order valence-electron chi connectivity index (χ0n) is 10.4. The highest BCUT2D eigenvalue weighted by Crippen LogP contribution is 2.35. The third-order valence-electron chi connectivity index (χ3n) is 3.94. The predicted molar refractivity (Wildman–Crippen MR) is 67.2 cm³/mol. The van der Waals surface area contributed by atoms with Gasteiger partial charge in [-0.15, -0.1) is 0 Å². The molecular formula is C13H15N3O3. The Bertz CT molecular complexity index is 530. The quantitative estimate of drug-likeness (QED) is 0.811. The van der Waals surface area contributed by atoms with E-state index in [2.05, 4.69) is 10.6 Å². The van der Waals surface area contributed by atoms with Crippen molar-refractivity contribution in [2.45, 2.75) is 12.1 Å². The van der Waals surface area contributed by atoms with Crippen molar-refractivity contribution in [1.82, 2.24) is 15.5 Å². The zero-order chi connectivity index (χ0) is 12.8. The summed E-state index contributed by atoms with van der Waals surface area (Å²) in [6.45, 7) is 2.77. The van der Waals surface area contributed by atoms with Crippen LogP contribution in [0.4, 0.5) is 4.79 Å². The maximum atomic E-state index is 12.0. The number of amides is 2. The first-order valence-corrected chi connectivity index (χ1v) is 6.48. The SMILES string of the molecule is O=C1NC(c2ccc3c(c2)OCO3)CN1C1CNC1. The topological polar surface area (TPSA) is 62.8 Å². The molecule has 3 aliphatic heterocycles. The molecule has 0 spiro atoms. The van der Waals surface area contributed by atoms with E-state index in [0.29, 0.717) is 12.6 Å². The maximum absolute atomic E-state index is 12.0. The molecule has 19 heavy (non-hydrogen) atoms. The number of ether oxygens (including phenoxy) is 2. The van der Waals surface area contributed by atoms with Gasteiger partial charge in [0.15, 0.2) is 11.5 Å². The van der Waals surface area contributed by atoms with E-state index in [4.69, 9.17) is 9.47 Å². The Morgan fingerprint density at radius 3 is 2.84 bits per heavy atom. The fraction of sp³-hybridized carbons (Fsp3) is 0.462. The van der Waals surface area contributed by atoms with Crippen LogP contribution in [-0.2, 0) is 0 Å². The molecule has 1 atom stereocenters. The standard InChI is InChI=1S/C13H15N3O3/c17-13-15-10(6-16(13)9-4-14-5-9)8-1-2-11-12(3-8)19-7-18-11/h1-3,9-10,14H,4-7H2,(H,15,17). The Morgan fingerprint density at radius 2 is 2.05 bits per heavy atom. The first-order valence-electron chi connectivity index (χ1n) is 6.48. The summed E-state index contributed by atoms with van der Waals surface area (Å²) in [6.07, 6.45) is 0. The summed E-state index contributed by atoms with van der Waals surface area (Å²) in [6, 6.07) is 6.23. The maximum Gasteiger partial charge on any atom is 0.318 e. The lowest BCUT2D eigenvalue weighted by Gasteiger charge is -2.34. The molecule has 0 radical (unpaired) electrons. The average Bonchev–Trinajstić information content (AvgIpc) is 2.93. The average molecular weight is 261 g/mol. The van der Waals surface area contributed by atoms with Crippen molar-refractivity contribution in [2.24, 2.45) is 0 Å². The summed E-state index contributed by atoms with van der Waals surface area (Å²) in [5.74, 6) is 1.53. The van der Waals surface area contributed by atoms with Crippen LogP contribution < -0.4 is 20.1 Å². The van der Waals surface area contributed by atoms with Gasteiger partial charge in [0.25, 0.3) is 0 Å². The number of hydrogen-bond acceptors (Lipinski definition) is 4. The van der Waals surface area contributed by atoms with Crippen LogP contribution in [-0.4, -0.2) is 43.4 Å². The van der Waals surface area contributed by atoms with Gasteiger partial charge in [-0.1, -0.05) is 6.07 Å². The van der Waals surface area contributed by atoms with E-state index >= 15 is 0 Å². The Kier molecular flexibility index (Phi) is 2.32. The molecule has 1 unspecified atom stereocenters. The highest BCUT2D eigenvalue weighted by atomic mass is 16.7. The Morgan fingerprint density at radius 1 is 1.21 bits per heavy atom. The van der Waals surface area contributed by atoms with Crippen LogP contribution in [0.1, 0.15) is 11.6 Å². The van der Waals surface area contributed by atoms with Crippen molar-refractivity contribution in [3.05, 3.63) is 23.8 Å². The summed E-state index contributed by atoms with van der Waals surface area (Å²) >= 11 is 0. The number of carbonyl (C=O) groups is 1. The molecule has 2 N–H and O–H groups in total. The fourth-order valence-corrected chi connectivity index (χ4v) is 2.68. The van der Waals surface area contributed by atoms with Gasteiger partial charge in [-0.3, -0.25) is 0 Å². The molecule has 100 valence electrons. The monoisotopic (exact) mass is 261 g/mol. The second-order valence-corrected chi connectivity index (χ2v) is 5.08. The molecule has 2 saturated heterocycles. The first-order chi connectivity index (χ1) is 9.31. The van der Waals surface area contributed by atoms with E-state index in [1.807, 2.05) is 23.1 Å². The van der Waals surface area contributed by atoms with Gasteiger partial charge in [0.05, 0.1) is 12.1 Å². The van der Waals surface area contributed by atoms with Gasteiger partial charge in [-0.2, -0.15) is 0 Å². The van der Waals surface area contributed by atoms with E-state index in [-0.39, 0.29) is 18.9 Å². The summed E-state index contributed by atoms with van der Waals surface area (Å²) in [5.41, 5.74) is 1.06. The number of fused-ring (bicyclic) bond motifs is 1. The number of nitrogens with zero attached hydrogens (tertiary/aromatic N) is 1. The minimum absolute atomic E-state index is 0.0224. The van der Waals surface area contributed by atoms with Crippen LogP contribution >= 0.6 is 0 Å². The second kappa shape index (κ2) is 4.03. The normalized spacial score (nSPS) is 25.4. The summed E-state index contributed by atoms with van der Waals surface area (Å²) in [7, 11) is 0. The smallest absolute Gasteiger partial charge is 0.318 e. The van der Waals surface area contributed by atoms with Crippen molar-refractivity contribution in [3.63, 3.8) is 0 Å². The van der Waals surface area contributed by atoms with Gasteiger partial charge < -0.3 is 25.0 Å². The molecule has 2 amide bonds. The van der Waals surface area contributed by atoms with Crippen LogP contribution in [0.2, 0.25) is 0 Å². The number of benzene rings is 1. The Hall–Kier alpha value is -1.95. The van der Waals surface area contributed by atoms with Crippen molar-refractivity contribution >= 4 is 6.03 Å². The molecule has 3 aliphatic rings. The third kappa shape index (κ3) is 1.71. The fourth-order valence-electron chi connectivity index (χ4n) is 2.68. The highest BCUT2D eigenvalue weighted by molar-refractivity contribution is 5.78. The van der Waals surface area contributed by atoms with Gasteiger partial charge >= 0.3 is 6.03 Å². The number of hydrogen-bond donors (Lipinski definition) is 2. The molecule has 4 rings (SSSR count). The van der Waals surface area contributed by atoms with Gasteiger partial charge in [0.2, 0.25) is 6.79 Å². The first kappa shape index (κ1) is 10.9. The molecule has 0 aliphatic carbocycles. The zero-order valence-corrected chi connectivity index (χ0v) is 10.4. The van der Waals surface area contributed by atoms with Crippen molar-refractivity contribution in [1.29, 1.82) is 0 Å². The lowest BCUT2D eigenvalue weighted by atomic mass is 10.1. The molecule has 6 heteroatoms. The minimum Gasteiger partial charge on any atom is -0.454 e. The van der Waals surface area contributed by atoms with Crippen molar-refractivity contribution < 1.29 is 14.3 Å². The number of rotatable bonds is 2. The van der Waals surface area contributed by atoms with Crippen molar-refractivity contribution in [3.8, 4) is 11.5 Å². The second-order valence-electron chi connectivity index (χ2n) is 5.08. The number of nitrogens with one attached hydrogen (secondary N) is 2. The third-order valence-corrected chi connectivity index (χ3v) is 3.94. The van der Waals surface area contributed by atoms with E-state index in [1.165, 1.54) is 0 Å². The van der Waals surface area contributed by atoms with Crippen LogP contribution in [0.25, 0.3) is 0 Å². The van der Waals surface area contributed by atoms with Gasteiger partial charge in [-0.05, 0) is 17.7 Å². The largest absolute Gasteiger partial charge is 0.454 e. The van der Waals surface area contributed by atoms with Crippen LogP contribution in [0.15, 0.2) is 18.2 Å². The molecule has 0 saturated carbocycles. The Labute approximate surface area is 110 Å². The molecular weight excluding hydrogens is 246 g/mol. The van der Waals surface area contributed by atoms with E-state index in [0.717, 1.165) is 30.2 Å². The summed E-state index contributed by atoms with van der Waals surface area (Å²) < 4.78 is 10.7. The van der Waals surface area contributed by atoms with Crippen LogP contribution in [0.5, 0.6) is 11.5 Å². The molecule has 0 bridgehead atoms. The van der Waals surface area contributed by atoms with Gasteiger partial charge in [-0.25, -0.2) is 4.79 Å². The highest BCUT2D eigenvalue weighted by Gasteiger charge is 2.37. The van der Waals surface area contributed by atoms with Crippen molar-refractivity contribution in [2.75, 3.05) is 26.4 Å². The van der Waals surface area contributed by atoms with Crippen LogP contribution in [0, 0.1) is 0 Å². The molecule has 0 aromatic heterocycles. The van der Waals surface area contributed by atoms with Gasteiger partial charge in [0.1, 0.15) is 0 Å². The Balaban J connectivity index is 1.55. The summed E-state index contributed by atoms with van der Waals surface area (Å²) in [5, 5.41) is 6.21. The predicted octanol–water partition coefficient (Wildman–Crippen LogP) is 0.453. The molecule has 6 nitrogen and oxygen atoms in total. The molecule has 1 aromatic rings. The summed E-state index contributed by atoms with van der Waals surface area (Å²) in [4.78, 5) is 13.9. The lowest BCUT2D eigenvalue weighted by molar-refractivity contribution is 0.172. The van der Waals surface area contributed by atoms with Crippen LogP contribution in [0.3, 0.4) is 0 Å². The van der Waals surface area contributed by atoms with E-state index in [1.54, 1.807) is 0 Å². The van der Waals surface area contributed by atoms with E-state index < -0.39 is 0 Å². The molecule has 2 fully saturated rings. The molecule has 1 aromatic carbocycles. The number of carbonyl (C=O) groups excluding carboxylic acids is 1. The number of urea groups is 1. The minimum atomic E-state index is 0.0224. The van der Waals surface area contributed by atoms with E-state index in [9.17, 15) is 4.79 Å². The lowest BCUT2D eigenvalue weighted by Crippen LogP contribution is -2.57. The molecule has 3 heterocycles.